The van der Waals surface area contributed by atoms with Crippen molar-refractivity contribution in [1.82, 2.24) is 19.7 Å². The van der Waals surface area contributed by atoms with Crippen molar-refractivity contribution < 1.29 is 4.52 Å². The Morgan fingerprint density at radius 1 is 1.18 bits per heavy atom. The maximum atomic E-state index is 5.80. The highest BCUT2D eigenvalue weighted by atomic mass is 35.5. The van der Waals surface area contributed by atoms with Crippen molar-refractivity contribution in [2.24, 2.45) is 0 Å². The molecular weight excluding hydrogens is 260 g/mol. The van der Waals surface area contributed by atoms with Gasteiger partial charge in [0.25, 0.3) is 5.89 Å². The van der Waals surface area contributed by atoms with Crippen LogP contribution in [-0.4, -0.2) is 19.7 Å². The van der Waals surface area contributed by atoms with Gasteiger partial charge in [0, 0.05) is 16.0 Å². The zero-order valence-corrected chi connectivity index (χ0v) is 9.94. The Balaban J connectivity index is 1.98. The van der Waals surface area contributed by atoms with Crippen LogP contribution in [-0.2, 0) is 0 Å². The van der Waals surface area contributed by atoms with Crippen LogP contribution in [0.5, 0.6) is 0 Å². The van der Waals surface area contributed by atoms with E-state index in [0.29, 0.717) is 22.4 Å². The second kappa shape index (κ2) is 4.23. The Morgan fingerprint density at radius 3 is 2.71 bits per heavy atom. The lowest BCUT2D eigenvalue weighted by molar-refractivity contribution is 0.431. The lowest BCUT2D eigenvalue weighted by Gasteiger charge is -1.92. The van der Waals surface area contributed by atoms with E-state index in [9.17, 15) is 0 Å². The fourth-order valence-corrected chi connectivity index (χ4v) is 1.86. The molecule has 3 aromatic rings. The van der Waals surface area contributed by atoms with E-state index in [0.717, 1.165) is 5.56 Å². The molecule has 0 N–H and O–H groups in total. The van der Waals surface area contributed by atoms with Crippen molar-refractivity contribution in [3.63, 3.8) is 0 Å². The number of rotatable bonds is 2. The minimum absolute atomic E-state index is 0.365. The first-order valence-electron chi connectivity index (χ1n) is 4.70. The van der Waals surface area contributed by atoms with Gasteiger partial charge in [-0.05, 0) is 35.8 Å². The molecule has 17 heavy (non-hydrogen) atoms. The van der Waals surface area contributed by atoms with Gasteiger partial charge in [-0.1, -0.05) is 21.2 Å². The summed E-state index contributed by atoms with van der Waals surface area (Å²) in [5.74, 6) is 0.869. The molecule has 3 rings (SSSR count). The molecule has 1 aromatic carbocycles. The van der Waals surface area contributed by atoms with Gasteiger partial charge in [0.05, 0.1) is 0 Å². The third-order valence-corrected chi connectivity index (χ3v) is 2.86. The molecule has 0 spiro atoms. The molecule has 0 atom stereocenters. The summed E-state index contributed by atoms with van der Waals surface area (Å²) in [6.07, 6.45) is 0. The lowest BCUT2D eigenvalue weighted by atomic mass is 10.2. The van der Waals surface area contributed by atoms with Crippen LogP contribution in [0.1, 0.15) is 0 Å². The third kappa shape index (κ3) is 2.04. The maximum absolute atomic E-state index is 5.80. The van der Waals surface area contributed by atoms with Gasteiger partial charge >= 0.3 is 0 Å². The third-order valence-electron chi connectivity index (χ3n) is 2.11. The van der Waals surface area contributed by atoms with Crippen LogP contribution in [0.3, 0.4) is 0 Å². The van der Waals surface area contributed by atoms with Crippen molar-refractivity contribution in [2.75, 3.05) is 0 Å². The monoisotopic (exact) mass is 264 g/mol. The maximum Gasteiger partial charge on any atom is 0.279 e. The van der Waals surface area contributed by atoms with Crippen molar-refractivity contribution in [3.8, 4) is 23.0 Å². The number of nitrogens with zero attached hydrogens (tertiary/aromatic N) is 4. The van der Waals surface area contributed by atoms with E-state index < -0.39 is 0 Å². The van der Waals surface area contributed by atoms with E-state index in [2.05, 4.69) is 19.7 Å². The molecule has 0 amide bonds. The van der Waals surface area contributed by atoms with Crippen LogP contribution in [0.2, 0.25) is 5.02 Å². The van der Waals surface area contributed by atoms with Gasteiger partial charge in [0.1, 0.15) is 0 Å². The number of halogens is 1. The molecule has 0 saturated carbocycles. The van der Waals surface area contributed by atoms with E-state index >= 15 is 0 Å². The van der Waals surface area contributed by atoms with Crippen LogP contribution in [0.15, 0.2) is 34.2 Å². The molecule has 0 aliphatic carbocycles. The summed E-state index contributed by atoms with van der Waals surface area (Å²) in [6.45, 7) is 0. The number of benzene rings is 1. The molecule has 0 radical (unpaired) electrons. The normalized spacial score (nSPS) is 10.6. The molecule has 0 unspecified atom stereocenters. The van der Waals surface area contributed by atoms with Crippen LogP contribution in [0.4, 0.5) is 0 Å². The van der Waals surface area contributed by atoms with Crippen molar-refractivity contribution in [1.29, 1.82) is 0 Å². The zero-order chi connectivity index (χ0) is 11.7. The lowest BCUT2D eigenvalue weighted by Crippen LogP contribution is -1.81. The first-order chi connectivity index (χ1) is 8.33. The van der Waals surface area contributed by atoms with Gasteiger partial charge in [-0.3, -0.25) is 0 Å². The molecule has 7 heteroatoms. The molecule has 0 aliphatic rings. The quantitative estimate of drug-likeness (QED) is 0.712. The van der Waals surface area contributed by atoms with E-state index in [1.807, 2.05) is 12.1 Å². The smallest absolute Gasteiger partial charge is 0.279 e. The summed E-state index contributed by atoms with van der Waals surface area (Å²) < 4.78 is 8.84. The van der Waals surface area contributed by atoms with Crippen LogP contribution in [0.25, 0.3) is 23.0 Å². The molecular formula is C10H5ClN4OS. The summed E-state index contributed by atoms with van der Waals surface area (Å²) in [5.41, 5.74) is 1.43. The first kappa shape index (κ1) is 10.4. The average Bonchev–Trinajstić information content (AvgIpc) is 3.00. The fraction of sp³-hybridized carbons (Fsp3) is 0. The molecule has 5 nitrogen and oxygen atoms in total. The summed E-state index contributed by atoms with van der Waals surface area (Å²) in [5, 5.41) is 10.2. The second-order valence-electron chi connectivity index (χ2n) is 3.22. The van der Waals surface area contributed by atoms with Gasteiger partial charge in [0.2, 0.25) is 5.82 Å². The Bertz CT molecular complexity index is 620. The van der Waals surface area contributed by atoms with E-state index in [1.54, 1.807) is 17.5 Å². The van der Waals surface area contributed by atoms with Crippen LogP contribution in [0, 0.1) is 0 Å². The fourth-order valence-electron chi connectivity index (χ4n) is 1.30. The highest BCUT2D eigenvalue weighted by molar-refractivity contribution is 7.03. The van der Waals surface area contributed by atoms with Crippen LogP contribution >= 0.6 is 23.1 Å². The van der Waals surface area contributed by atoms with Crippen molar-refractivity contribution in [2.45, 2.75) is 0 Å². The first-order valence-corrected chi connectivity index (χ1v) is 5.91. The highest BCUT2D eigenvalue weighted by Crippen LogP contribution is 2.22. The molecule has 0 fully saturated rings. The second-order valence-corrected chi connectivity index (χ2v) is 4.27. The van der Waals surface area contributed by atoms with Crippen molar-refractivity contribution in [3.05, 3.63) is 34.7 Å². The van der Waals surface area contributed by atoms with E-state index in [4.69, 9.17) is 16.1 Å². The Hall–Kier alpha value is -1.79. The minimum atomic E-state index is 0.365. The highest BCUT2D eigenvalue weighted by Gasteiger charge is 2.12. The number of aromatic nitrogens is 4. The van der Waals surface area contributed by atoms with Gasteiger partial charge in [0.15, 0.2) is 5.69 Å². The van der Waals surface area contributed by atoms with Gasteiger partial charge in [-0.25, -0.2) is 0 Å². The van der Waals surface area contributed by atoms with E-state index in [-0.39, 0.29) is 0 Å². The summed E-state index contributed by atoms with van der Waals surface area (Å²) in [7, 11) is 0. The minimum Gasteiger partial charge on any atom is -0.332 e. The summed E-state index contributed by atoms with van der Waals surface area (Å²) in [4.78, 5) is 4.24. The predicted octanol–water partition coefficient (Wildman–Crippen LogP) is 2.91. The van der Waals surface area contributed by atoms with Crippen molar-refractivity contribution >= 4 is 23.1 Å². The molecule has 84 valence electrons. The Labute approximate surface area is 105 Å². The standard InChI is InChI=1S/C10H5ClN4OS/c11-7-3-1-6(2-4-7)9-12-10(16-14-9)8-5-17-15-13-8/h1-5H. The summed E-state index contributed by atoms with van der Waals surface area (Å²) in [6, 6.07) is 7.21. The molecule has 0 bridgehead atoms. The van der Waals surface area contributed by atoms with Gasteiger partial charge < -0.3 is 4.52 Å². The largest absolute Gasteiger partial charge is 0.332 e. The van der Waals surface area contributed by atoms with Crippen LogP contribution < -0.4 is 0 Å². The molecule has 0 aliphatic heterocycles. The number of hydrogen-bond donors (Lipinski definition) is 0. The van der Waals surface area contributed by atoms with Gasteiger partial charge in [-0.2, -0.15) is 4.98 Å². The number of hydrogen-bond acceptors (Lipinski definition) is 6. The molecule has 2 heterocycles. The Morgan fingerprint density at radius 2 is 2.00 bits per heavy atom. The topological polar surface area (TPSA) is 64.7 Å². The zero-order valence-electron chi connectivity index (χ0n) is 8.37. The SMILES string of the molecule is Clc1ccc(-c2noc(-c3csnn3)n2)cc1. The van der Waals surface area contributed by atoms with E-state index in [1.165, 1.54) is 11.5 Å². The van der Waals surface area contributed by atoms with Gasteiger partial charge in [-0.15, -0.1) is 5.10 Å². The molecule has 2 aromatic heterocycles. The molecule has 0 saturated heterocycles. The predicted molar refractivity (Wildman–Crippen MR) is 63.6 cm³/mol. The summed E-state index contributed by atoms with van der Waals surface area (Å²) >= 11 is 7.04. The average molecular weight is 265 g/mol. The Kier molecular flexibility index (Phi) is 2.58.